The van der Waals surface area contributed by atoms with Crippen LogP contribution in [-0.2, 0) is 6.54 Å². The molecule has 166 valence electrons. The first-order chi connectivity index (χ1) is 16.1. The van der Waals surface area contributed by atoms with E-state index in [2.05, 4.69) is 61.3 Å². The standard InChI is InChI=1S/C26H25N5OS/c1-18-8-13-23(28-16-18)30-15-5-7-22(30)25-24(21-6-3-4-14-27-21)29-26(33)31(25)17-19-9-11-20(32-2)12-10-19/h3-16,24-25H,17H2,1-2H3,(H,29,33)/t24-,25+/m1/s1. The zero-order valence-corrected chi connectivity index (χ0v) is 19.4. The Labute approximate surface area is 198 Å². The molecule has 33 heavy (non-hydrogen) atoms. The van der Waals surface area contributed by atoms with Crippen LogP contribution < -0.4 is 10.1 Å². The lowest BCUT2D eigenvalue weighted by Crippen LogP contribution is -2.30. The zero-order chi connectivity index (χ0) is 22.8. The second-order valence-corrected chi connectivity index (χ2v) is 8.49. The summed E-state index contributed by atoms with van der Waals surface area (Å²) >= 11 is 5.83. The van der Waals surface area contributed by atoms with Crippen molar-refractivity contribution in [1.29, 1.82) is 0 Å². The van der Waals surface area contributed by atoms with E-state index in [1.165, 1.54) is 0 Å². The molecule has 0 unspecified atom stereocenters. The molecule has 2 atom stereocenters. The first-order valence-corrected chi connectivity index (χ1v) is 11.3. The molecule has 0 saturated carbocycles. The van der Waals surface area contributed by atoms with Gasteiger partial charge in [-0.2, -0.15) is 0 Å². The van der Waals surface area contributed by atoms with Gasteiger partial charge >= 0.3 is 0 Å². The average Bonchev–Trinajstić information content (AvgIpc) is 3.45. The van der Waals surface area contributed by atoms with Crippen LogP contribution in [0.15, 0.2) is 85.3 Å². The van der Waals surface area contributed by atoms with E-state index in [1.807, 2.05) is 55.7 Å². The highest BCUT2D eigenvalue weighted by Crippen LogP contribution is 2.40. The summed E-state index contributed by atoms with van der Waals surface area (Å²) in [6.07, 6.45) is 5.77. The Morgan fingerprint density at radius 3 is 2.55 bits per heavy atom. The summed E-state index contributed by atoms with van der Waals surface area (Å²) in [5, 5.41) is 4.23. The highest BCUT2D eigenvalue weighted by Gasteiger charge is 2.41. The molecule has 1 fully saturated rings. The number of nitrogens with zero attached hydrogens (tertiary/aromatic N) is 4. The monoisotopic (exact) mass is 455 g/mol. The molecule has 1 aliphatic rings. The molecule has 1 N–H and O–H groups in total. The van der Waals surface area contributed by atoms with Gasteiger partial charge < -0.3 is 19.5 Å². The lowest BCUT2D eigenvalue weighted by Gasteiger charge is -2.29. The maximum absolute atomic E-state index is 5.83. The van der Waals surface area contributed by atoms with E-state index in [0.29, 0.717) is 11.7 Å². The van der Waals surface area contributed by atoms with Gasteiger partial charge in [-0.3, -0.25) is 4.98 Å². The first-order valence-electron chi connectivity index (χ1n) is 10.9. The number of rotatable bonds is 6. The summed E-state index contributed by atoms with van der Waals surface area (Å²) in [6, 6.07) is 22.3. The summed E-state index contributed by atoms with van der Waals surface area (Å²) in [5.74, 6) is 1.71. The Bertz CT molecular complexity index is 1240. The third-order valence-electron chi connectivity index (χ3n) is 5.94. The lowest BCUT2D eigenvalue weighted by atomic mass is 10.0. The molecule has 5 rings (SSSR count). The van der Waals surface area contributed by atoms with Crippen molar-refractivity contribution in [3.05, 3.63) is 108 Å². The molecular formula is C26H25N5OS. The average molecular weight is 456 g/mol. The number of nitrogens with one attached hydrogen (secondary N) is 1. The molecular weight excluding hydrogens is 430 g/mol. The molecule has 1 saturated heterocycles. The quantitative estimate of drug-likeness (QED) is 0.423. The van der Waals surface area contributed by atoms with Crippen LogP contribution in [0.2, 0.25) is 0 Å². The minimum atomic E-state index is -0.0870. The number of pyridine rings is 2. The van der Waals surface area contributed by atoms with Gasteiger partial charge in [0.1, 0.15) is 11.6 Å². The number of methoxy groups -OCH3 is 1. The van der Waals surface area contributed by atoms with Gasteiger partial charge in [-0.1, -0.05) is 24.3 Å². The number of hydrogen-bond acceptors (Lipinski definition) is 4. The van der Waals surface area contributed by atoms with Crippen LogP contribution in [0.5, 0.6) is 5.75 Å². The Morgan fingerprint density at radius 1 is 1.00 bits per heavy atom. The first kappa shape index (κ1) is 21.2. The zero-order valence-electron chi connectivity index (χ0n) is 18.6. The smallest absolute Gasteiger partial charge is 0.170 e. The van der Waals surface area contributed by atoms with Crippen LogP contribution in [0.1, 0.15) is 34.6 Å². The summed E-state index contributed by atoms with van der Waals surface area (Å²) in [6.45, 7) is 2.71. The van der Waals surface area contributed by atoms with Gasteiger partial charge in [-0.05, 0) is 72.7 Å². The van der Waals surface area contributed by atoms with Crippen molar-refractivity contribution in [2.24, 2.45) is 0 Å². The molecule has 7 heteroatoms. The fourth-order valence-corrected chi connectivity index (χ4v) is 4.58. The van der Waals surface area contributed by atoms with E-state index in [-0.39, 0.29) is 12.1 Å². The normalized spacial score (nSPS) is 17.8. The number of benzene rings is 1. The van der Waals surface area contributed by atoms with Crippen molar-refractivity contribution in [1.82, 2.24) is 24.8 Å². The van der Waals surface area contributed by atoms with Crippen LogP contribution in [-0.4, -0.2) is 31.7 Å². The van der Waals surface area contributed by atoms with Gasteiger partial charge in [0.2, 0.25) is 0 Å². The molecule has 0 bridgehead atoms. The second kappa shape index (κ2) is 9.03. The topological polar surface area (TPSA) is 55.2 Å². The van der Waals surface area contributed by atoms with E-state index in [4.69, 9.17) is 17.0 Å². The molecule has 0 radical (unpaired) electrons. The predicted octanol–water partition coefficient (Wildman–Crippen LogP) is 4.76. The van der Waals surface area contributed by atoms with Crippen molar-refractivity contribution in [2.45, 2.75) is 25.6 Å². The van der Waals surface area contributed by atoms with Crippen LogP contribution >= 0.6 is 12.2 Å². The highest BCUT2D eigenvalue weighted by atomic mass is 32.1. The van der Waals surface area contributed by atoms with E-state index in [0.717, 1.165) is 34.1 Å². The second-order valence-electron chi connectivity index (χ2n) is 8.10. The number of ether oxygens (including phenoxy) is 1. The molecule has 4 heterocycles. The molecule has 1 aromatic carbocycles. The molecule has 1 aliphatic heterocycles. The van der Waals surface area contributed by atoms with Crippen molar-refractivity contribution in [3.63, 3.8) is 0 Å². The maximum Gasteiger partial charge on any atom is 0.170 e. The maximum atomic E-state index is 5.83. The Morgan fingerprint density at radius 2 is 1.85 bits per heavy atom. The number of aromatic nitrogens is 3. The molecule has 0 amide bonds. The molecule has 4 aromatic rings. The summed E-state index contributed by atoms with van der Waals surface area (Å²) in [4.78, 5) is 11.5. The number of hydrogen-bond donors (Lipinski definition) is 1. The Hall–Kier alpha value is -3.71. The third kappa shape index (κ3) is 4.19. The Balaban J connectivity index is 1.57. The minimum absolute atomic E-state index is 0.0624. The van der Waals surface area contributed by atoms with Crippen LogP contribution in [0.25, 0.3) is 5.82 Å². The van der Waals surface area contributed by atoms with Crippen molar-refractivity contribution in [2.75, 3.05) is 7.11 Å². The van der Waals surface area contributed by atoms with Crippen LogP contribution in [0.4, 0.5) is 0 Å². The summed E-state index contributed by atoms with van der Waals surface area (Å²) in [5.41, 5.74) is 4.33. The SMILES string of the molecule is COc1ccc(CN2C(=S)N[C@H](c3ccccn3)[C@@H]2c2cccn2-c2ccc(C)cn2)cc1. The van der Waals surface area contributed by atoms with Crippen LogP contribution in [0.3, 0.4) is 0 Å². The van der Waals surface area contributed by atoms with Crippen LogP contribution in [0, 0.1) is 6.92 Å². The Kier molecular flexibility index (Phi) is 5.79. The third-order valence-corrected chi connectivity index (χ3v) is 6.29. The van der Waals surface area contributed by atoms with Crippen molar-refractivity contribution in [3.8, 4) is 11.6 Å². The fraction of sp³-hybridized carbons (Fsp3) is 0.192. The number of thiocarbonyl (C=S) groups is 1. The molecule has 6 nitrogen and oxygen atoms in total. The highest BCUT2D eigenvalue weighted by molar-refractivity contribution is 7.80. The minimum Gasteiger partial charge on any atom is -0.497 e. The largest absolute Gasteiger partial charge is 0.497 e. The van der Waals surface area contributed by atoms with Gasteiger partial charge in [-0.15, -0.1) is 0 Å². The summed E-state index contributed by atoms with van der Waals surface area (Å²) in [7, 11) is 1.68. The lowest BCUT2D eigenvalue weighted by molar-refractivity contribution is 0.302. The van der Waals surface area contributed by atoms with E-state index in [1.54, 1.807) is 7.11 Å². The molecule has 0 spiro atoms. The molecule has 0 aliphatic carbocycles. The summed E-state index contributed by atoms with van der Waals surface area (Å²) < 4.78 is 7.45. The van der Waals surface area contributed by atoms with E-state index in [9.17, 15) is 0 Å². The molecule has 3 aromatic heterocycles. The van der Waals surface area contributed by atoms with Crippen molar-refractivity contribution >= 4 is 17.3 Å². The van der Waals surface area contributed by atoms with Gasteiger partial charge in [-0.25, -0.2) is 4.98 Å². The fourth-order valence-electron chi connectivity index (χ4n) is 4.27. The number of aryl methyl sites for hydroxylation is 1. The van der Waals surface area contributed by atoms with Gasteiger partial charge in [0.15, 0.2) is 5.11 Å². The van der Waals surface area contributed by atoms with Gasteiger partial charge in [0.25, 0.3) is 0 Å². The van der Waals surface area contributed by atoms with E-state index >= 15 is 0 Å². The van der Waals surface area contributed by atoms with Crippen molar-refractivity contribution < 1.29 is 4.74 Å². The predicted molar refractivity (Wildman–Crippen MR) is 132 cm³/mol. The van der Waals surface area contributed by atoms with E-state index < -0.39 is 0 Å². The van der Waals surface area contributed by atoms with Gasteiger partial charge in [0, 0.05) is 30.8 Å². The van der Waals surface area contributed by atoms with Gasteiger partial charge in [0.05, 0.1) is 24.9 Å².